The number of carbonyl (C=O) groups is 1. The molecule has 0 spiro atoms. The highest BCUT2D eigenvalue weighted by molar-refractivity contribution is 6.26. The number of benzene rings is 1. The highest BCUT2D eigenvalue weighted by atomic mass is 35.5. The summed E-state index contributed by atoms with van der Waals surface area (Å²) in [6.45, 7) is 8.30. The Morgan fingerprint density at radius 1 is 1.27 bits per heavy atom. The molecule has 0 amide bonds. The van der Waals surface area contributed by atoms with E-state index in [0.29, 0.717) is 17.8 Å². The van der Waals surface area contributed by atoms with Crippen molar-refractivity contribution in [1.29, 1.82) is 0 Å². The Bertz CT molecular complexity index is 1110. The number of hydrogen-bond donors (Lipinski definition) is 0. The number of ether oxygens (including phenoxy) is 2. The quantitative estimate of drug-likeness (QED) is 0.307. The van der Waals surface area contributed by atoms with Gasteiger partial charge >= 0.3 is 5.97 Å². The average molecular weight is 471 g/mol. The predicted molar refractivity (Wildman–Crippen MR) is 128 cm³/mol. The molecule has 6 nitrogen and oxygen atoms in total. The van der Waals surface area contributed by atoms with Gasteiger partial charge in [0.25, 0.3) is 0 Å². The van der Waals surface area contributed by atoms with E-state index in [0.717, 1.165) is 29.4 Å². The largest absolute Gasteiger partial charge is 0.459 e. The first-order valence-electron chi connectivity index (χ1n) is 11.7. The van der Waals surface area contributed by atoms with Crippen LogP contribution in [0.5, 0.6) is 0 Å². The number of unbranched alkanes of at least 4 members (excludes halogenated alkanes) is 2. The smallest absolute Gasteiger partial charge is 0.321 e. The van der Waals surface area contributed by atoms with Crippen LogP contribution in [0.2, 0.25) is 0 Å². The fraction of sp³-hybridized carbons (Fsp3) is 0.462. The van der Waals surface area contributed by atoms with Crippen LogP contribution in [0.15, 0.2) is 52.1 Å². The van der Waals surface area contributed by atoms with E-state index in [1.807, 2.05) is 24.1 Å². The monoisotopic (exact) mass is 470 g/mol. The number of aryl methyl sites for hydroxylation is 1. The number of hydrogen-bond acceptors (Lipinski definition) is 6. The summed E-state index contributed by atoms with van der Waals surface area (Å²) in [5, 5.41) is 0.863. The van der Waals surface area contributed by atoms with Gasteiger partial charge in [-0.15, -0.1) is 11.6 Å². The molecule has 1 saturated heterocycles. The van der Waals surface area contributed by atoms with Gasteiger partial charge in [-0.25, -0.2) is 0 Å². The first-order chi connectivity index (χ1) is 16.0. The van der Waals surface area contributed by atoms with Crippen molar-refractivity contribution >= 4 is 23.8 Å². The second kappa shape index (κ2) is 10.6. The molecule has 7 heteroatoms. The van der Waals surface area contributed by atoms with Gasteiger partial charge in [0.2, 0.25) is 5.55 Å². The third-order valence-electron chi connectivity index (χ3n) is 6.14. The fourth-order valence-electron chi connectivity index (χ4n) is 4.34. The van der Waals surface area contributed by atoms with Gasteiger partial charge in [-0.2, -0.15) is 4.99 Å². The molecule has 0 saturated carbocycles. The van der Waals surface area contributed by atoms with Crippen molar-refractivity contribution in [2.24, 2.45) is 4.99 Å². The van der Waals surface area contributed by atoms with Crippen LogP contribution < -0.4 is 10.8 Å². The summed E-state index contributed by atoms with van der Waals surface area (Å²) in [4.78, 5) is 18.1. The molecule has 1 fully saturated rings. The molecule has 1 aromatic heterocycles. The van der Waals surface area contributed by atoms with Crippen molar-refractivity contribution in [3.05, 3.63) is 59.1 Å². The van der Waals surface area contributed by atoms with Crippen molar-refractivity contribution in [3.63, 3.8) is 0 Å². The number of furan rings is 1. The van der Waals surface area contributed by atoms with Crippen molar-refractivity contribution < 1.29 is 18.7 Å². The first kappa shape index (κ1) is 23.6. The van der Waals surface area contributed by atoms with E-state index >= 15 is 0 Å². The number of nitrogens with zero attached hydrogens (tertiary/aromatic N) is 2. The van der Waals surface area contributed by atoms with Crippen molar-refractivity contribution in [1.82, 2.24) is 4.90 Å². The van der Waals surface area contributed by atoms with Crippen molar-refractivity contribution in [3.8, 4) is 11.3 Å². The zero-order chi connectivity index (χ0) is 23.4. The highest BCUT2D eigenvalue weighted by Crippen LogP contribution is 2.30. The molecule has 2 aliphatic rings. The molecule has 33 heavy (non-hydrogen) atoms. The van der Waals surface area contributed by atoms with Gasteiger partial charge in [-0.05, 0) is 30.9 Å². The fourth-order valence-corrected chi connectivity index (χ4v) is 4.40. The Morgan fingerprint density at radius 3 is 2.76 bits per heavy atom. The maximum atomic E-state index is 11.7. The van der Waals surface area contributed by atoms with Gasteiger partial charge < -0.3 is 18.8 Å². The van der Waals surface area contributed by atoms with Crippen molar-refractivity contribution in [2.45, 2.75) is 70.8 Å². The molecule has 3 unspecified atom stereocenters. The van der Waals surface area contributed by atoms with Crippen LogP contribution in [0, 0.1) is 0 Å². The number of halogens is 1. The van der Waals surface area contributed by atoms with E-state index in [4.69, 9.17) is 25.5 Å². The number of rotatable bonds is 9. The second-order valence-electron chi connectivity index (χ2n) is 8.52. The lowest BCUT2D eigenvalue weighted by Crippen LogP contribution is -2.37. The molecule has 0 bridgehead atoms. The lowest BCUT2D eigenvalue weighted by atomic mass is 10.0. The summed E-state index contributed by atoms with van der Waals surface area (Å²) in [6.07, 6.45) is 7.12. The van der Waals surface area contributed by atoms with Gasteiger partial charge in [0.1, 0.15) is 29.8 Å². The van der Waals surface area contributed by atoms with Crippen molar-refractivity contribution in [2.75, 3.05) is 5.88 Å². The average Bonchev–Trinajstić information content (AvgIpc) is 3.42. The minimum absolute atomic E-state index is 0.170. The van der Waals surface area contributed by atoms with Crippen LogP contribution in [0.1, 0.15) is 51.5 Å². The standard InChI is InChI=1S/C26H31ClN2O4/c1-4-6-7-8-18-9-11-19(12-10-18)22-13-20-16-29(17(3)28-26(20)33-22)24-14-23(21(5-2)31-24)32-25(30)15-27/h9-13,16,21,23-24H,3-8,14-15H2,1-2H3. The maximum Gasteiger partial charge on any atom is 0.321 e. The Morgan fingerprint density at radius 2 is 2.06 bits per heavy atom. The molecular formula is C26H31ClN2O4. The summed E-state index contributed by atoms with van der Waals surface area (Å²) < 4.78 is 17.7. The predicted octanol–water partition coefficient (Wildman–Crippen LogP) is 4.50. The van der Waals surface area contributed by atoms with Crippen LogP contribution in [-0.2, 0) is 20.7 Å². The van der Waals surface area contributed by atoms with Crippen LogP contribution >= 0.6 is 11.6 Å². The number of fused-ring (bicyclic) bond motifs is 1. The van der Waals surface area contributed by atoms with E-state index in [1.165, 1.54) is 24.8 Å². The molecule has 2 aliphatic heterocycles. The topological polar surface area (TPSA) is 64.3 Å². The van der Waals surface area contributed by atoms with Gasteiger partial charge in [0, 0.05) is 18.2 Å². The Hall–Kier alpha value is -2.57. The van der Waals surface area contributed by atoms with Crippen LogP contribution in [0.25, 0.3) is 17.5 Å². The van der Waals surface area contributed by atoms with Gasteiger partial charge in [0.15, 0.2) is 0 Å². The Balaban J connectivity index is 1.51. The summed E-state index contributed by atoms with van der Waals surface area (Å²) in [7, 11) is 0. The summed E-state index contributed by atoms with van der Waals surface area (Å²) >= 11 is 5.60. The lowest BCUT2D eigenvalue weighted by Gasteiger charge is -2.27. The van der Waals surface area contributed by atoms with Gasteiger partial charge in [-0.1, -0.05) is 57.5 Å². The third-order valence-corrected chi connectivity index (χ3v) is 6.36. The molecule has 3 heterocycles. The Labute approximate surface area is 199 Å². The van der Waals surface area contributed by atoms with E-state index in [-0.39, 0.29) is 24.3 Å². The normalized spacial score (nSPS) is 22.0. The zero-order valence-corrected chi connectivity index (χ0v) is 20.0. The summed E-state index contributed by atoms with van der Waals surface area (Å²) in [6, 6.07) is 10.5. The highest BCUT2D eigenvalue weighted by Gasteiger charge is 2.40. The van der Waals surface area contributed by atoms with Gasteiger partial charge in [-0.3, -0.25) is 4.79 Å². The number of carbonyl (C=O) groups excluding carboxylic acids is 1. The minimum Gasteiger partial charge on any atom is -0.459 e. The molecule has 0 aliphatic carbocycles. The van der Waals surface area contributed by atoms with Gasteiger partial charge in [0.05, 0.1) is 11.3 Å². The maximum absolute atomic E-state index is 11.7. The molecular weight excluding hydrogens is 440 g/mol. The number of alkyl halides is 1. The molecule has 4 rings (SSSR count). The second-order valence-corrected chi connectivity index (χ2v) is 8.79. The van der Waals surface area contributed by atoms with E-state index in [2.05, 4.69) is 42.8 Å². The first-order valence-corrected chi connectivity index (χ1v) is 12.2. The van der Waals surface area contributed by atoms with E-state index < -0.39 is 5.97 Å². The SMILES string of the molecule is C=C1N=c2oc(-c3ccc(CCCCC)cc3)cc2=CN1C1CC(OC(=O)CCl)C(CC)O1. The van der Waals surface area contributed by atoms with Crippen LogP contribution in [0.3, 0.4) is 0 Å². The molecule has 0 radical (unpaired) electrons. The molecule has 1 aromatic carbocycles. The van der Waals surface area contributed by atoms with Crippen LogP contribution in [-0.4, -0.2) is 35.2 Å². The summed E-state index contributed by atoms with van der Waals surface area (Å²) in [5.74, 6) is 0.686. The van der Waals surface area contributed by atoms with E-state index in [1.54, 1.807) is 0 Å². The molecule has 0 N–H and O–H groups in total. The lowest BCUT2D eigenvalue weighted by molar-refractivity contribution is -0.148. The Kier molecular flexibility index (Phi) is 7.56. The van der Waals surface area contributed by atoms with Crippen LogP contribution in [0.4, 0.5) is 0 Å². The minimum atomic E-state index is -0.436. The number of esters is 1. The zero-order valence-electron chi connectivity index (χ0n) is 19.3. The van der Waals surface area contributed by atoms with E-state index in [9.17, 15) is 4.79 Å². The third kappa shape index (κ3) is 5.33. The summed E-state index contributed by atoms with van der Waals surface area (Å²) in [5.41, 5.74) is 2.89. The molecule has 3 atom stereocenters. The molecule has 2 aromatic rings. The molecule has 176 valence electrons.